The average molecular weight is 289 g/mol. The van der Waals surface area contributed by atoms with Gasteiger partial charge in [0, 0.05) is 23.2 Å². The second-order valence-electron chi connectivity index (χ2n) is 4.47. The van der Waals surface area contributed by atoms with Crippen LogP contribution in [0.2, 0.25) is 0 Å². The Labute approximate surface area is 118 Å². The molecule has 1 heterocycles. The molecular weight excluding hydrogens is 279 g/mol. The van der Waals surface area contributed by atoms with Crippen LogP contribution in [0.15, 0.2) is 48.7 Å². The first-order chi connectivity index (χ1) is 10.1. The lowest BCUT2D eigenvalue weighted by molar-refractivity contribution is 0.289. The van der Waals surface area contributed by atoms with Gasteiger partial charge in [-0.05, 0) is 30.3 Å². The van der Waals surface area contributed by atoms with Crippen LogP contribution in [-0.2, 0) is 6.61 Å². The van der Waals surface area contributed by atoms with Crippen molar-refractivity contribution in [3.63, 3.8) is 0 Å². The SMILES string of the molecule is Fc1ccc(F)c(OCc2ccc(F)c3cccnc23)c1. The molecule has 0 atom stereocenters. The lowest BCUT2D eigenvalue weighted by Crippen LogP contribution is -2.00. The monoisotopic (exact) mass is 289 g/mol. The highest BCUT2D eigenvalue weighted by Crippen LogP contribution is 2.23. The third kappa shape index (κ3) is 2.67. The maximum Gasteiger partial charge on any atom is 0.165 e. The molecule has 3 aromatic rings. The van der Waals surface area contributed by atoms with E-state index in [0.29, 0.717) is 16.5 Å². The average Bonchev–Trinajstić information content (AvgIpc) is 2.50. The van der Waals surface area contributed by atoms with Crippen molar-refractivity contribution < 1.29 is 17.9 Å². The number of nitrogens with zero attached hydrogens (tertiary/aromatic N) is 1. The lowest BCUT2D eigenvalue weighted by atomic mass is 10.1. The van der Waals surface area contributed by atoms with Crippen LogP contribution in [0.5, 0.6) is 5.75 Å². The number of hydrogen-bond donors (Lipinski definition) is 0. The first-order valence-electron chi connectivity index (χ1n) is 6.25. The fourth-order valence-corrected chi connectivity index (χ4v) is 2.06. The quantitative estimate of drug-likeness (QED) is 0.720. The third-order valence-corrected chi connectivity index (χ3v) is 3.08. The summed E-state index contributed by atoms with van der Waals surface area (Å²) in [6.07, 6.45) is 1.54. The topological polar surface area (TPSA) is 22.1 Å². The van der Waals surface area contributed by atoms with Gasteiger partial charge >= 0.3 is 0 Å². The zero-order valence-electron chi connectivity index (χ0n) is 10.8. The Morgan fingerprint density at radius 2 is 1.76 bits per heavy atom. The molecule has 0 spiro atoms. The summed E-state index contributed by atoms with van der Waals surface area (Å²) < 4.78 is 45.5. The predicted octanol–water partition coefficient (Wildman–Crippen LogP) is 4.23. The van der Waals surface area contributed by atoms with Crippen LogP contribution in [0.1, 0.15) is 5.56 Å². The second-order valence-corrected chi connectivity index (χ2v) is 4.47. The number of fused-ring (bicyclic) bond motifs is 1. The molecule has 0 saturated heterocycles. The van der Waals surface area contributed by atoms with Gasteiger partial charge in [0.25, 0.3) is 0 Å². The summed E-state index contributed by atoms with van der Waals surface area (Å²) in [5, 5.41) is 0.360. The molecule has 0 radical (unpaired) electrons. The van der Waals surface area contributed by atoms with E-state index in [-0.39, 0.29) is 12.4 Å². The lowest BCUT2D eigenvalue weighted by Gasteiger charge is -2.09. The van der Waals surface area contributed by atoms with Crippen LogP contribution in [0.3, 0.4) is 0 Å². The molecule has 0 N–H and O–H groups in total. The van der Waals surface area contributed by atoms with Gasteiger partial charge in [-0.3, -0.25) is 4.98 Å². The van der Waals surface area contributed by atoms with Crippen molar-refractivity contribution in [3.8, 4) is 5.75 Å². The molecule has 0 aliphatic rings. The van der Waals surface area contributed by atoms with Crippen LogP contribution >= 0.6 is 0 Å². The fraction of sp³-hybridized carbons (Fsp3) is 0.0625. The minimum absolute atomic E-state index is 0.0336. The molecule has 0 bridgehead atoms. The van der Waals surface area contributed by atoms with E-state index in [1.54, 1.807) is 12.1 Å². The van der Waals surface area contributed by atoms with Crippen LogP contribution in [0.25, 0.3) is 10.9 Å². The summed E-state index contributed by atoms with van der Waals surface area (Å²) in [5.74, 6) is -1.83. The second kappa shape index (κ2) is 5.44. The van der Waals surface area contributed by atoms with E-state index in [9.17, 15) is 13.2 Å². The van der Waals surface area contributed by atoms with Crippen LogP contribution in [0, 0.1) is 17.5 Å². The summed E-state index contributed by atoms with van der Waals surface area (Å²) in [4.78, 5) is 4.11. The van der Waals surface area contributed by atoms with Gasteiger partial charge in [-0.2, -0.15) is 0 Å². The van der Waals surface area contributed by atoms with E-state index in [2.05, 4.69) is 4.98 Å². The summed E-state index contributed by atoms with van der Waals surface area (Å²) in [5.41, 5.74) is 1.03. The molecule has 21 heavy (non-hydrogen) atoms. The molecule has 2 aromatic carbocycles. The van der Waals surface area contributed by atoms with Gasteiger partial charge in [0.1, 0.15) is 18.2 Å². The van der Waals surface area contributed by atoms with Gasteiger partial charge in [0.15, 0.2) is 11.6 Å². The van der Waals surface area contributed by atoms with Crippen molar-refractivity contribution in [2.75, 3.05) is 0 Å². The van der Waals surface area contributed by atoms with E-state index in [0.717, 1.165) is 18.2 Å². The number of pyridine rings is 1. The van der Waals surface area contributed by atoms with E-state index in [1.807, 2.05) is 0 Å². The van der Waals surface area contributed by atoms with Crippen LogP contribution < -0.4 is 4.74 Å². The molecule has 2 nitrogen and oxygen atoms in total. The van der Waals surface area contributed by atoms with Crippen molar-refractivity contribution in [2.24, 2.45) is 0 Å². The summed E-state index contributed by atoms with van der Waals surface area (Å²) >= 11 is 0. The smallest absolute Gasteiger partial charge is 0.165 e. The highest BCUT2D eigenvalue weighted by molar-refractivity contribution is 5.82. The maximum absolute atomic E-state index is 13.7. The van der Waals surface area contributed by atoms with Crippen LogP contribution in [0.4, 0.5) is 13.2 Å². The number of hydrogen-bond acceptors (Lipinski definition) is 2. The standard InChI is InChI=1S/C16H10F3NO/c17-11-4-6-14(19)15(8-11)21-9-10-3-5-13(18)12-2-1-7-20-16(10)12/h1-8H,9H2. The van der Waals surface area contributed by atoms with E-state index in [4.69, 9.17) is 4.74 Å². The molecule has 0 amide bonds. The van der Waals surface area contributed by atoms with Crippen molar-refractivity contribution in [1.29, 1.82) is 0 Å². The molecule has 106 valence electrons. The Morgan fingerprint density at radius 1 is 0.952 bits per heavy atom. The summed E-state index contributed by atoms with van der Waals surface area (Å²) in [6, 6.07) is 9.01. The highest BCUT2D eigenvalue weighted by atomic mass is 19.1. The number of benzene rings is 2. The third-order valence-electron chi connectivity index (χ3n) is 3.08. The molecule has 5 heteroatoms. The minimum atomic E-state index is -0.657. The van der Waals surface area contributed by atoms with Gasteiger partial charge in [-0.1, -0.05) is 6.07 Å². The summed E-state index contributed by atoms with van der Waals surface area (Å²) in [7, 11) is 0. The largest absolute Gasteiger partial charge is 0.486 e. The molecule has 3 rings (SSSR count). The minimum Gasteiger partial charge on any atom is -0.486 e. The van der Waals surface area contributed by atoms with Gasteiger partial charge in [0.2, 0.25) is 0 Å². The number of aromatic nitrogens is 1. The molecular formula is C16H10F3NO. The van der Waals surface area contributed by atoms with Gasteiger partial charge in [-0.15, -0.1) is 0 Å². The van der Waals surface area contributed by atoms with Crippen molar-refractivity contribution in [3.05, 3.63) is 71.7 Å². The zero-order chi connectivity index (χ0) is 14.8. The number of rotatable bonds is 3. The molecule has 0 fully saturated rings. The Hall–Kier alpha value is -2.56. The molecule has 0 aliphatic carbocycles. The Morgan fingerprint density at radius 3 is 2.62 bits per heavy atom. The van der Waals surface area contributed by atoms with Gasteiger partial charge in [0.05, 0.1) is 5.52 Å². The molecule has 0 saturated carbocycles. The van der Waals surface area contributed by atoms with Crippen molar-refractivity contribution in [1.82, 2.24) is 4.98 Å². The van der Waals surface area contributed by atoms with Crippen molar-refractivity contribution >= 4 is 10.9 Å². The fourth-order valence-electron chi connectivity index (χ4n) is 2.06. The first-order valence-corrected chi connectivity index (χ1v) is 6.25. The molecule has 1 aromatic heterocycles. The van der Waals surface area contributed by atoms with Gasteiger partial charge < -0.3 is 4.74 Å². The van der Waals surface area contributed by atoms with E-state index < -0.39 is 17.5 Å². The van der Waals surface area contributed by atoms with Gasteiger partial charge in [-0.25, -0.2) is 13.2 Å². The summed E-state index contributed by atoms with van der Waals surface area (Å²) in [6.45, 7) is -0.0336. The Kier molecular flexibility index (Phi) is 3.48. The highest BCUT2D eigenvalue weighted by Gasteiger charge is 2.09. The normalized spacial score (nSPS) is 10.8. The number of halogens is 3. The van der Waals surface area contributed by atoms with Crippen molar-refractivity contribution in [2.45, 2.75) is 6.61 Å². The Bertz CT molecular complexity index is 805. The van der Waals surface area contributed by atoms with E-state index in [1.165, 1.54) is 18.3 Å². The molecule has 0 unspecified atom stereocenters. The Balaban J connectivity index is 1.92. The maximum atomic E-state index is 13.7. The van der Waals surface area contributed by atoms with Crippen LogP contribution in [-0.4, -0.2) is 4.98 Å². The molecule has 0 aliphatic heterocycles. The number of ether oxygens (including phenoxy) is 1. The zero-order valence-corrected chi connectivity index (χ0v) is 10.8. The van der Waals surface area contributed by atoms with E-state index >= 15 is 0 Å². The first kappa shape index (κ1) is 13.4. The predicted molar refractivity (Wildman–Crippen MR) is 72.4 cm³/mol.